The molecular weight excluding hydrogens is 374 g/mol. The summed E-state index contributed by atoms with van der Waals surface area (Å²) in [6.45, 7) is 0. The lowest BCUT2D eigenvalue weighted by molar-refractivity contribution is -0.746. The molecule has 146 valence electrons. The molecule has 29 heavy (non-hydrogen) atoms. The molecule has 0 spiro atoms. The molecule has 1 aliphatic carbocycles. The third-order valence-corrected chi connectivity index (χ3v) is 5.46. The van der Waals surface area contributed by atoms with Crippen LogP contribution >= 0.6 is 0 Å². The van der Waals surface area contributed by atoms with Gasteiger partial charge in [0.1, 0.15) is 11.4 Å². The zero-order valence-corrected chi connectivity index (χ0v) is 15.6. The number of anilines is 1. The first kappa shape index (κ1) is 17.8. The summed E-state index contributed by atoms with van der Waals surface area (Å²) in [6.07, 6.45) is 11.9. The molecule has 0 N–H and O–H groups in total. The van der Waals surface area contributed by atoms with Crippen molar-refractivity contribution >= 4 is 18.2 Å². The number of benzene rings is 2. The van der Waals surface area contributed by atoms with Crippen molar-refractivity contribution in [3.63, 3.8) is 0 Å². The highest BCUT2D eigenvalue weighted by molar-refractivity contribution is 5.82. The Morgan fingerprint density at radius 3 is 2.66 bits per heavy atom. The standard InChI is InChI=1S/C22H19F2N4O/c23-19-6-1-2-7-22(19)29-18-8-9-21(20(24)12-18)27(16-4-3-5-16)28-11-10-25-13-17(28)14-26-15-28/h1-2,6-16H,3-5H2/q+1. The Morgan fingerprint density at radius 2 is 1.90 bits per heavy atom. The molecule has 7 heteroatoms. The van der Waals surface area contributed by atoms with Crippen LogP contribution in [0.4, 0.5) is 14.5 Å². The molecule has 1 saturated carbocycles. The summed E-state index contributed by atoms with van der Waals surface area (Å²) < 4.78 is 34.9. The van der Waals surface area contributed by atoms with Gasteiger partial charge in [0.05, 0.1) is 24.7 Å². The average Bonchev–Trinajstić information content (AvgIpc) is 3.12. The van der Waals surface area contributed by atoms with Crippen LogP contribution in [0.25, 0.3) is 0 Å². The molecule has 2 aliphatic heterocycles. The Labute approximate surface area is 167 Å². The quantitative estimate of drug-likeness (QED) is 0.648. The second kappa shape index (κ2) is 6.93. The van der Waals surface area contributed by atoms with Crippen LogP contribution in [0.5, 0.6) is 11.5 Å². The Bertz CT molecular complexity index is 1070. The topological polar surface area (TPSA) is 37.2 Å². The Hall–Kier alpha value is -3.32. The predicted octanol–water partition coefficient (Wildman–Crippen LogP) is 5.29. The molecule has 2 aromatic carbocycles. The van der Waals surface area contributed by atoms with Crippen molar-refractivity contribution in [2.45, 2.75) is 25.3 Å². The van der Waals surface area contributed by atoms with Gasteiger partial charge in [0.2, 0.25) is 12.0 Å². The van der Waals surface area contributed by atoms with E-state index in [-0.39, 0.29) is 22.1 Å². The van der Waals surface area contributed by atoms with E-state index in [1.54, 1.807) is 49.2 Å². The Balaban J connectivity index is 1.52. The fourth-order valence-corrected chi connectivity index (χ4v) is 3.80. The number of allylic oxidation sites excluding steroid dienone is 1. The van der Waals surface area contributed by atoms with Crippen molar-refractivity contribution in [3.8, 4) is 11.5 Å². The lowest BCUT2D eigenvalue weighted by Gasteiger charge is -2.46. The maximum Gasteiger partial charge on any atom is 0.225 e. The first-order valence-electron chi connectivity index (χ1n) is 9.53. The van der Waals surface area contributed by atoms with Gasteiger partial charge in [-0.15, -0.1) is 4.59 Å². The molecule has 1 unspecified atom stereocenters. The number of halogens is 2. The zero-order valence-electron chi connectivity index (χ0n) is 15.6. The molecule has 0 radical (unpaired) electrons. The van der Waals surface area contributed by atoms with Crippen LogP contribution in [0.15, 0.2) is 76.7 Å². The van der Waals surface area contributed by atoms with Gasteiger partial charge in [0, 0.05) is 6.07 Å². The van der Waals surface area contributed by atoms with Crippen molar-refractivity contribution in [2.75, 3.05) is 5.01 Å². The van der Waals surface area contributed by atoms with Crippen molar-refractivity contribution in [1.82, 2.24) is 0 Å². The van der Waals surface area contributed by atoms with Crippen LogP contribution in [0.1, 0.15) is 19.3 Å². The number of aliphatic imine (C=N–C) groups is 2. The second-order valence-electron chi connectivity index (χ2n) is 7.21. The minimum absolute atomic E-state index is 0.0597. The molecule has 1 fully saturated rings. The first-order chi connectivity index (χ1) is 14.2. The number of nitrogens with zero attached hydrogens (tertiary/aromatic N) is 4. The van der Waals surface area contributed by atoms with E-state index in [1.165, 1.54) is 18.2 Å². The number of fused-ring (bicyclic) bond motifs is 1. The van der Waals surface area contributed by atoms with E-state index in [1.807, 2.05) is 11.2 Å². The fourth-order valence-electron chi connectivity index (χ4n) is 3.80. The summed E-state index contributed by atoms with van der Waals surface area (Å²) in [7, 11) is 0. The molecule has 2 heterocycles. The van der Waals surface area contributed by atoms with Gasteiger partial charge in [-0.05, 0) is 43.5 Å². The van der Waals surface area contributed by atoms with Gasteiger partial charge in [-0.2, -0.15) is 0 Å². The highest BCUT2D eigenvalue weighted by Crippen LogP contribution is 2.41. The Morgan fingerprint density at radius 1 is 1.03 bits per heavy atom. The van der Waals surface area contributed by atoms with Crippen LogP contribution < -0.4 is 9.75 Å². The molecule has 0 saturated heterocycles. The van der Waals surface area contributed by atoms with Gasteiger partial charge >= 0.3 is 0 Å². The molecule has 0 bridgehead atoms. The molecule has 3 aliphatic rings. The number of quaternary nitrogens is 1. The summed E-state index contributed by atoms with van der Waals surface area (Å²) in [6, 6.07) is 10.9. The van der Waals surface area contributed by atoms with E-state index in [0.29, 0.717) is 5.69 Å². The van der Waals surface area contributed by atoms with Crippen LogP contribution in [0.2, 0.25) is 0 Å². The van der Waals surface area contributed by atoms with Gasteiger partial charge < -0.3 is 4.74 Å². The molecule has 5 rings (SSSR count). The lowest BCUT2D eigenvalue weighted by Crippen LogP contribution is -2.61. The number of ether oxygens (including phenoxy) is 1. The van der Waals surface area contributed by atoms with Gasteiger partial charge in [0.15, 0.2) is 23.6 Å². The van der Waals surface area contributed by atoms with Crippen molar-refractivity contribution in [2.24, 2.45) is 9.98 Å². The molecule has 2 aromatic rings. The van der Waals surface area contributed by atoms with E-state index in [9.17, 15) is 4.39 Å². The number of para-hydroxylation sites is 1. The molecule has 5 nitrogen and oxygen atoms in total. The van der Waals surface area contributed by atoms with Gasteiger partial charge in [-0.3, -0.25) is 4.99 Å². The second-order valence-corrected chi connectivity index (χ2v) is 7.21. The van der Waals surface area contributed by atoms with Crippen molar-refractivity contribution < 1.29 is 18.1 Å². The maximum absolute atomic E-state index is 15.3. The van der Waals surface area contributed by atoms with E-state index < -0.39 is 11.6 Å². The summed E-state index contributed by atoms with van der Waals surface area (Å²) in [5.74, 6) is -0.628. The van der Waals surface area contributed by atoms with Crippen molar-refractivity contribution in [1.29, 1.82) is 0 Å². The largest absolute Gasteiger partial charge is 0.454 e. The monoisotopic (exact) mass is 393 g/mol. The number of hydrogen-bond donors (Lipinski definition) is 0. The molecule has 0 aromatic heterocycles. The smallest absolute Gasteiger partial charge is 0.225 e. The summed E-state index contributed by atoms with van der Waals surface area (Å²) in [5, 5.41) is 2.02. The van der Waals surface area contributed by atoms with Crippen LogP contribution in [-0.4, -0.2) is 23.2 Å². The van der Waals surface area contributed by atoms with E-state index in [2.05, 4.69) is 9.98 Å². The summed E-state index contributed by atoms with van der Waals surface area (Å²) >= 11 is 0. The van der Waals surface area contributed by atoms with E-state index in [4.69, 9.17) is 4.74 Å². The third kappa shape index (κ3) is 2.94. The summed E-state index contributed by atoms with van der Waals surface area (Å²) in [5.41, 5.74) is 1.29. The summed E-state index contributed by atoms with van der Waals surface area (Å²) in [4.78, 5) is 8.50. The number of hydrogen-bond acceptors (Lipinski definition) is 4. The lowest BCUT2D eigenvalue weighted by atomic mass is 9.91. The molecular formula is C22H19F2N4O+. The van der Waals surface area contributed by atoms with Crippen LogP contribution in [-0.2, 0) is 0 Å². The van der Waals surface area contributed by atoms with Gasteiger partial charge in [-0.25, -0.2) is 18.8 Å². The zero-order chi connectivity index (χ0) is 19.8. The average molecular weight is 393 g/mol. The first-order valence-corrected chi connectivity index (χ1v) is 9.53. The molecule has 0 amide bonds. The third-order valence-electron chi connectivity index (χ3n) is 5.46. The fraction of sp³-hybridized carbons (Fsp3) is 0.182. The van der Waals surface area contributed by atoms with Crippen LogP contribution in [0.3, 0.4) is 0 Å². The van der Waals surface area contributed by atoms with E-state index in [0.717, 1.165) is 25.0 Å². The highest BCUT2D eigenvalue weighted by atomic mass is 19.1. The molecule has 1 atom stereocenters. The SMILES string of the molecule is Fc1ccccc1Oc1ccc(N(C2CCC2)[N+]23C=CN=CC2=CN=C3)c(F)c1. The van der Waals surface area contributed by atoms with Gasteiger partial charge in [0.25, 0.3) is 0 Å². The van der Waals surface area contributed by atoms with Crippen molar-refractivity contribution in [3.05, 3.63) is 78.4 Å². The number of rotatable bonds is 5. The normalized spacial score (nSPS) is 22.2. The Kier molecular flexibility index (Phi) is 4.24. The minimum Gasteiger partial charge on any atom is -0.454 e. The maximum atomic E-state index is 15.3. The predicted molar refractivity (Wildman–Crippen MR) is 107 cm³/mol. The van der Waals surface area contributed by atoms with E-state index >= 15 is 4.39 Å². The minimum atomic E-state index is -0.493. The van der Waals surface area contributed by atoms with Gasteiger partial charge in [-0.1, -0.05) is 12.1 Å². The van der Waals surface area contributed by atoms with Crippen LogP contribution in [0, 0.1) is 11.6 Å². The highest BCUT2D eigenvalue weighted by Gasteiger charge is 2.47.